The van der Waals surface area contributed by atoms with Gasteiger partial charge in [0.1, 0.15) is 6.61 Å². The van der Waals surface area contributed by atoms with Gasteiger partial charge in [-0.2, -0.15) is 4.73 Å². The Morgan fingerprint density at radius 3 is 2.55 bits per heavy atom. The Morgan fingerprint density at radius 2 is 1.72 bits per heavy atom. The number of fused-ring (bicyclic) bond motifs is 1. The fourth-order valence-electron chi connectivity index (χ4n) is 3.44. The molecule has 0 aliphatic carbocycles. The number of nitrogens with one attached hydrogen (secondary N) is 1. The first-order valence-electron chi connectivity index (χ1n) is 10.5. The number of hydrogen-bond donors (Lipinski definition) is 1. The van der Waals surface area contributed by atoms with E-state index >= 15 is 0 Å². The van der Waals surface area contributed by atoms with Crippen molar-refractivity contribution in [3.8, 4) is 0 Å². The molecule has 0 bridgehead atoms. The van der Waals surface area contributed by atoms with Crippen LogP contribution in [0.25, 0.3) is 10.9 Å². The Balaban J connectivity index is 1.61. The zero-order chi connectivity index (χ0) is 20.5. The number of aromatic nitrogens is 1. The summed E-state index contributed by atoms with van der Waals surface area (Å²) in [6.45, 7) is 2.91. The number of carbonyl (C=O) groups excluding carboxylic acids is 1. The maximum absolute atomic E-state index is 12.6. The molecule has 0 unspecified atom stereocenters. The van der Waals surface area contributed by atoms with Crippen molar-refractivity contribution in [2.45, 2.75) is 51.9 Å². The molecule has 0 radical (unpaired) electrons. The fourth-order valence-corrected chi connectivity index (χ4v) is 3.62. The van der Waals surface area contributed by atoms with Crippen LogP contribution in [0.1, 0.15) is 51.0 Å². The maximum Gasteiger partial charge on any atom is 0.228 e. The van der Waals surface area contributed by atoms with Gasteiger partial charge in [-0.25, -0.2) is 0 Å². The van der Waals surface area contributed by atoms with Crippen LogP contribution in [0.15, 0.2) is 54.7 Å². The zero-order valence-electron chi connectivity index (χ0n) is 17.0. The summed E-state index contributed by atoms with van der Waals surface area (Å²) < 4.78 is 1.81. The minimum Gasteiger partial charge on any atom is -0.414 e. The van der Waals surface area contributed by atoms with E-state index in [9.17, 15) is 4.79 Å². The predicted octanol–water partition coefficient (Wildman–Crippen LogP) is 6.27. The third-order valence-corrected chi connectivity index (χ3v) is 5.32. The van der Waals surface area contributed by atoms with Gasteiger partial charge in [0.15, 0.2) is 0 Å². The van der Waals surface area contributed by atoms with Crippen molar-refractivity contribution in [3.63, 3.8) is 0 Å². The van der Waals surface area contributed by atoms with E-state index in [0.29, 0.717) is 17.3 Å². The molecule has 154 valence electrons. The van der Waals surface area contributed by atoms with Crippen LogP contribution in [0.2, 0.25) is 5.02 Å². The average Bonchev–Trinajstić information content (AvgIpc) is 3.06. The van der Waals surface area contributed by atoms with Crippen LogP contribution in [0.5, 0.6) is 0 Å². The van der Waals surface area contributed by atoms with E-state index in [2.05, 4.69) is 12.2 Å². The molecule has 0 saturated heterocycles. The molecule has 0 fully saturated rings. The first-order valence-corrected chi connectivity index (χ1v) is 10.8. The Kier molecular flexibility index (Phi) is 8.00. The van der Waals surface area contributed by atoms with Gasteiger partial charge in [-0.05, 0) is 36.6 Å². The molecule has 0 aliphatic rings. The molecule has 1 aromatic heterocycles. The highest BCUT2D eigenvalue weighted by Crippen LogP contribution is 2.23. The van der Waals surface area contributed by atoms with Crippen LogP contribution in [0.3, 0.4) is 0 Å². The van der Waals surface area contributed by atoms with Crippen LogP contribution in [0.4, 0.5) is 5.69 Å². The van der Waals surface area contributed by atoms with Crippen LogP contribution >= 0.6 is 11.6 Å². The molecule has 1 N–H and O–H groups in total. The van der Waals surface area contributed by atoms with Crippen molar-refractivity contribution in [2.24, 2.45) is 0 Å². The van der Waals surface area contributed by atoms with Gasteiger partial charge >= 0.3 is 0 Å². The number of benzene rings is 2. The molecule has 0 aliphatic heterocycles. The van der Waals surface area contributed by atoms with Crippen molar-refractivity contribution in [2.75, 3.05) is 11.9 Å². The minimum absolute atomic E-state index is 0.100. The molecule has 1 heterocycles. The Bertz CT molecular complexity index is 936. The van der Waals surface area contributed by atoms with Crippen LogP contribution in [-0.2, 0) is 11.2 Å². The Hall–Kier alpha value is -2.46. The monoisotopic (exact) mass is 412 g/mol. The van der Waals surface area contributed by atoms with E-state index in [1.54, 1.807) is 16.9 Å². The SMILES string of the molecule is CCCCCCCCOn1cc(CC(=O)Nc2ccccc2Cl)c2ccccc21. The Morgan fingerprint density at radius 1 is 1.00 bits per heavy atom. The van der Waals surface area contributed by atoms with Crippen molar-refractivity contribution in [1.29, 1.82) is 0 Å². The molecule has 2 aromatic carbocycles. The van der Waals surface area contributed by atoms with Crippen LogP contribution in [-0.4, -0.2) is 17.2 Å². The number of para-hydroxylation sites is 2. The topological polar surface area (TPSA) is 43.3 Å². The second kappa shape index (κ2) is 10.9. The molecule has 3 aromatic rings. The summed E-state index contributed by atoms with van der Waals surface area (Å²) in [6.07, 6.45) is 9.55. The third-order valence-electron chi connectivity index (χ3n) is 4.99. The summed E-state index contributed by atoms with van der Waals surface area (Å²) in [5, 5.41) is 4.45. The average molecular weight is 413 g/mol. The minimum atomic E-state index is -0.100. The first-order chi connectivity index (χ1) is 14.2. The van der Waals surface area contributed by atoms with Gasteiger partial charge in [-0.3, -0.25) is 4.79 Å². The van der Waals surface area contributed by atoms with Crippen LogP contribution in [0, 0.1) is 0 Å². The van der Waals surface area contributed by atoms with E-state index in [-0.39, 0.29) is 12.3 Å². The van der Waals surface area contributed by atoms with Crippen LogP contribution < -0.4 is 10.2 Å². The number of hydrogen-bond acceptors (Lipinski definition) is 2. The van der Waals surface area contributed by atoms with E-state index in [1.165, 1.54) is 32.1 Å². The second-order valence-electron chi connectivity index (χ2n) is 7.30. The molecule has 4 nitrogen and oxygen atoms in total. The van der Waals surface area contributed by atoms with Crippen molar-refractivity contribution < 1.29 is 9.63 Å². The van der Waals surface area contributed by atoms with Crippen molar-refractivity contribution in [3.05, 3.63) is 65.3 Å². The number of rotatable bonds is 11. The summed E-state index contributed by atoms with van der Waals surface area (Å²) in [4.78, 5) is 18.5. The van der Waals surface area contributed by atoms with E-state index in [0.717, 1.165) is 22.9 Å². The highest BCUT2D eigenvalue weighted by molar-refractivity contribution is 6.33. The number of unbranched alkanes of at least 4 members (excludes halogenated alkanes) is 5. The summed E-state index contributed by atoms with van der Waals surface area (Å²) in [7, 11) is 0. The lowest BCUT2D eigenvalue weighted by atomic mass is 10.1. The Labute approximate surface area is 177 Å². The molecular formula is C24H29ClN2O2. The smallest absolute Gasteiger partial charge is 0.228 e. The predicted molar refractivity (Wildman–Crippen MR) is 121 cm³/mol. The number of nitrogens with zero attached hydrogens (tertiary/aromatic N) is 1. The molecular weight excluding hydrogens is 384 g/mol. The highest BCUT2D eigenvalue weighted by atomic mass is 35.5. The van der Waals surface area contributed by atoms with E-state index < -0.39 is 0 Å². The molecule has 0 atom stereocenters. The second-order valence-corrected chi connectivity index (χ2v) is 7.71. The lowest BCUT2D eigenvalue weighted by Gasteiger charge is -2.08. The van der Waals surface area contributed by atoms with E-state index in [1.807, 2.05) is 42.6 Å². The van der Waals surface area contributed by atoms with Gasteiger partial charge in [-0.1, -0.05) is 74.5 Å². The fraction of sp³-hybridized carbons (Fsp3) is 0.375. The standard InChI is InChI=1S/C24H29ClN2O2/c1-2-3-4-5-6-11-16-29-27-18-19(20-12-7-10-15-23(20)27)17-24(28)26-22-14-9-8-13-21(22)25/h7-10,12-15,18H,2-6,11,16-17H2,1H3,(H,26,28). The normalized spacial score (nSPS) is 11.0. The quantitative estimate of drug-likeness (QED) is 0.377. The number of carbonyl (C=O) groups is 1. The maximum atomic E-state index is 12.6. The van der Waals surface area contributed by atoms with Gasteiger partial charge in [0.05, 0.1) is 22.6 Å². The molecule has 5 heteroatoms. The zero-order valence-corrected chi connectivity index (χ0v) is 17.8. The molecule has 0 saturated carbocycles. The van der Waals surface area contributed by atoms with Gasteiger partial charge in [-0.15, -0.1) is 0 Å². The van der Waals surface area contributed by atoms with Crippen molar-refractivity contribution in [1.82, 2.24) is 4.73 Å². The van der Waals surface area contributed by atoms with Gasteiger partial charge in [0.25, 0.3) is 0 Å². The lowest BCUT2D eigenvalue weighted by molar-refractivity contribution is -0.115. The number of halogens is 1. The molecule has 1 amide bonds. The number of anilines is 1. The molecule has 29 heavy (non-hydrogen) atoms. The lowest BCUT2D eigenvalue weighted by Crippen LogP contribution is -2.15. The summed E-state index contributed by atoms with van der Waals surface area (Å²) in [6, 6.07) is 15.3. The summed E-state index contributed by atoms with van der Waals surface area (Å²) >= 11 is 6.14. The van der Waals surface area contributed by atoms with Gasteiger partial charge in [0, 0.05) is 11.6 Å². The van der Waals surface area contributed by atoms with Crippen molar-refractivity contribution >= 4 is 34.1 Å². The highest BCUT2D eigenvalue weighted by Gasteiger charge is 2.13. The number of amides is 1. The third kappa shape index (κ3) is 6.01. The summed E-state index contributed by atoms with van der Waals surface area (Å²) in [5.74, 6) is -0.100. The molecule has 3 rings (SSSR count). The largest absolute Gasteiger partial charge is 0.414 e. The van der Waals surface area contributed by atoms with Gasteiger partial charge in [0.2, 0.25) is 5.91 Å². The van der Waals surface area contributed by atoms with E-state index in [4.69, 9.17) is 16.4 Å². The summed E-state index contributed by atoms with van der Waals surface area (Å²) in [5.41, 5.74) is 2.55. The first kappa shape index (κ1) is 21.3. The van der Waals surface area contributed by atoms with Gasteiger partial charge < -0.3 is 10.2 Å². The molecule has 0 spiro atoms.